The molecule has 1 saturated heterocycles. The molecule has 43 heavy (non-hydrogen) atoms. The third-order valence-corrected chi connectivity index (χ3v) is 8.55. The molecule has 0 unspecified atom stereocenters. The molecule has 1 aliphatic heterocycles. The SMILES string of the molecule is COc1ccc(Oc2ccccc2NS(=O)(=O)c2ccc(C(=O)NCCN3CCN(c4cnccn4)CC3)cc2)c(Cl)c1. The van der Waals surface area contributed by atoms with Crippen molar-refractivity contribution in [2.45, 2.75) is 4.90 Å². The van der Waals surface area contributed by atoms with E-state index in [0.29, 0.717) is 35.2 Å². The zero-order valence-electron chi connectivity index (χ0n) is 23.4. The van der Waals surface area contributed by atoms with Gasteiger partial charge in [0.15, 0.2) is 5.75 Å². The normalized spacial score (nSPS) is 13.8. The lowest BCUT2D eigenvalue weighted by Gasteiger charge is -2.35. The van der Waals surface area contributed by atoms with Crippen molar-refractivity contribution in [1.29, 1.82) is 0 Å². The molecule has 1 fully saturated rings. The van der Waals surface area contributed by atoms with Gasteiger partial charge in [0.2, 0.25) is 0 Å². The van der Waals surface area contributed by atoms with Gasteiger partial charge in [-0.2, -0.15) is 0 Å². The summed E-state index contributed by atoms with van der Waals surface area (Å²) in [5.74, 6) is 1.77. The molecule has 0 bridgehead atoms. The number of aromatic nitrogens is 2. The Morgan fingerprint density at radius 1 is 0.977 bits per heavy atom. The van der Waals surface area contributed by atoms with Crippen LogP contribution in [0, 0.1) is 0 Å². The fraction of sp³-hybridized carbons (Fsp3) is 0.233. The van der Waals surface area contributed by atoms with Crippen LogP contribution in [0.3, 0.4) is 0 Å². The second-order valence-corrected chi connectivity index (χ2v) is 11.8. The summed E-state index contributed by atoms with van der Waals surface area (Å²) in [7, 11) is -2.45. The Balaban J connectivity index is 1.14. The van der Waals surface area contributed by atoms with Crippen molar-refractivity contribution in [2.24, 2.45) is 0 Å². The van der Waals surface area contributed by atoms with Crippen LogP contribution in [0.15, 0.2) is 90.2 Å². The number of nitrogens with one attached hydrogen (secondary N) is 2. The molecule has 1 aliphatic rings. The molecule has 0 radical (unpaired) electrons. The summed E-state index contributed by atoms with van der Waals surface area (Å²) in [5, 5.41) is 3.22. The highest BCUT2D eigenvalue weighted by Gasteiger charge is 2.20. The number of para-hydroxylation sites is 2. The van der Waals surface area contributed by atoms with E-state index in [9.17, 15) is 13.2 Å². The van der Waals surface area contributed by atoms with Gasteiger partial charge in [0.1, 0.15) is 17.3 Å². The smallest absolute Gasteiger partial charge is 0.262 e. The molecular weight excluding hydrogens is 592 g/mol. The Labute approximate surface area is 255 Å². The topological polar surface area (TPSA) is 126 Å². The second-order valence-electron chi connectivity index (χ2n) is 9.67. The Kier molecular flexibility index (Phi) is 9.60. The van der Waals surface area contributed by atoms with Gasteiger partial charge in [-0.3, -0.25) is 19.4 Å². The Bertz CT molecular complexity index is 1650. The second kappa shape index (κ2) is 13.7. The minimum absolute atomic E-state index is 0.00214. The molecule has 0 aliphatic carbocycles. The van der Waals surface area contributed by atoms with E-state index in [1.807, 2.05) is 0 Å². The van der Waals surface area contributed by atoms with Crippen molar-refractivity contribution in [3.05, 3.63) is 95.9 Å². The Hall–Kier alpha value is -4.39. The molecule has 0 spiro atoms. The van der Waals surface area contributed by atoms with Crippen molar-refractivity contribution >= 4 is 39.0 Å². The minimum atomic E-state index is -3.98. The van der Waals surface area contributed by atoms with Gasteiger partial charge in [0.25, 0.3) is 15.9 Å². The van der Waals surface area contributed by atoms with E-state index in [-0.39, 0.29) is 22.2 Å². The van der Waals surface area contributed by atoms with Crippen molar-refractivity contribution < 1.29 is 22.7 Å². The van der Waals surface area contributed by atoms with Crippen LogP contribution in [0.25, 0.3) is 0 Å². The van der Waals surface area contributed by atoms with E-state index < -0.39 is 10.0 Å². The lowest BCUT2D eigenvalue weighted by Crippen LogP contribution is -2.48. The van der Waals surface area contributed by atoms with Crippen molar-refractivity contribution in [3.63, 3.8) is 0 Å². The molecule has 1 aromatic heterocycles. The molecule has 0 saturated carbocycles. The van der Waals surface area contributed by atoms with Gasteiger partial charge in [-0.1, -0.05) is 23.7 Å². The Morgan fingerprint density at radius 2 is 1.74 bits per heavy atom. The maximum Gasteiger partial charge on any atom is 0.262 e. The Morgan fingerprint density at radius 3 is 2.44 bits per heavy atom. The van der Waals surface area contributed by atoms with Crippen LogP contribution in [0.2, 0.25) is 5.02 Å². The van der Waals surface area contributed by atoms with Gasteiger partial charge in [-0.25, -0.2) is 13.4 Å². The number of carbonyl (C=O) groups excluding carboxylic acids is 1. The molecule has 0 atom stereocenters. The fourth-order valence-electron chi connectivity index (χ4n) is 4.52. The highest BCUT2D eigenvalue weighted by Crippen LogP contribution is 2.36. The highest BCUT2D eigenvalue weighted by atomic mass is 35.5. The van der Waals surface area contributed by atoms with Gasteiger partial charge in [0.05, 0.1) is 28.9 Å². The first-order valence-electron chi connectivity index (χ1n) is 13.6. The first-order valence-corrected chi connectivity index (χ1v) is 15.4. The fourth-order valence-corrected chi connectivity index (χ4v) is 5.80. The van der Waals surface area contributed by atoms with E-state index in [4.69, 9.17) is 21.1 Å². The lowest BCUT2D eigenvalue weighted by molar-refractivity contribution is 0.0947. The maximum atomic E-state index is 13.2. The van der Waals surface area contributed by atoms with Gasteiger partial charge in [0, 0.05) is 63.3 Å². The molecular formula is C30H31ClN6O5S. The lowest BCUT2D eigenvalue weighted by atomic mass is 10.2. The summed E-state index contributed by atoms with van der Waals surface area (Å²) < 4.78 is 40.0. The average Bonchev–Trinajstić information content (AvgIpc) is 3.03. The summed E-state index contributed by atoms with van der Waals surface area (Å²) in [6.45, 7) is 4.56. The first kappa shape index (κ1) is 30.1. The molecule has 224 valence electrons. The molecule has 1 amide bonds. The number of carbonyl (C=O) groups is 1. The van der Waals surface area contributed by atoms with E-state index >= 15 is 0 Å². The number of piperazine rings is 1. The zero-order valence-corrected chi connectivity index (χ0v) is 25.0. The van der Waals surface area contributed by atoms with Crippen LogP contribution < -0.4 is 24.4 Å². The number of hydrogen-bond donors (Lipinski definition) is 2. The number of sulfonamides is 1. The zero-order chi connectivity index (χ0) is 30.2. The molecule has 13 heteroatoms. The molecule has 2 heterocycles. The third-order valence-electron chi connectivity index (χ3n) is 6.88. The monoisotopic (exact) mass is 622 g/mol. The van der Waals surface area contributed by atoms with E-state index in [0.717, 1.165) is 32.0 Å². The average molecular weight is 623 g/mol. The number of anilines is 2. The van der Waals surface area contributed by atoms with Crippen LogP contribution in [0.4, 0.5) is 11.5 Å². The third kappa shape index (κ3) is 7.72. The van der Waals surface area contributed by atoms with E-state index in [1.165, 1.54) is 31.4 Å². The predicted octanol–water partition coefficient (Wildman–Crippen LogP) is 4.28. The molecule has 3 aromatic carbocycles. The van der Waals surface area contributed by atoms with Crippen LogP contribution in [0.5, 0.6) is 17.2 Å². The number of hydrogen-bond acceptors (Lipinski definition) is 9. The highest BCUT2D eigenvalue weighted by molar-refractivity contribution is 7.92. The standard InChI is InChI=1S/C30H31ClN6O5S/c1-41-23-8-11-27(25(31)20-23)42-28-5-3-2-4-26(28)35-43(39,40)24-9-6-22(7-10-24)30(38)34-14-15-36-16-18-37(19-17-36)29-21-32-12-13-33-29/h2-13,20-21,35H,14-19H2,1H3,(H,34,38). The summed E-state index contributed by atoms with van der Waals surface area (Å²) in [4.78, 5) is 25.6. The molecule has 5 rings (SSSR count). The molecule has 11 nitrogen and oxygen atoms in total. The largest absolute Gasteiger partial charge is 0.497 e. The van der Waals surface area contributed by atoms with Gasteiger partial charge in [-0.15, -0.1) is 0 Å². The van der Waals surface area contributed by atoms with Crippen LogP contribution in [-0.2, 0) is 10.0 Å². The first-order chi connectivity index (χ1) is 20.8. The molecule has 2 N–H and O–H groups in total. The van der Waals surface area contributed by atoms with Crippen molar-refractivity contribution in [2.75, 3.05) is 56.0 Å². The number of rotatable bonds is 11. The van der Waals surface area contributed by atoms with Gasteiger partial charge < -0.3 is 19.7 Å². The van der Waals surface area contributed by atoms with Crippen LogP contribution in [-0.4, -0.2) is 75.6 Å². The number of amides is 1. The van der Waals surface area contributed by atoms with E-state index in [2.05, 4.69) is 29.8 Å². The summed E-state index contributed by atoms with van der Waals surface area (Å²) in [5.41, 5.74) is 0.595. The summed E-state index contributed by atoms with van der Waals surface area (Å²) in [6, 6.07) is 17.3. The summed E-state index contributed by atoms with van der Waals surface area (Å²) in [6.07, 6.45) is 5.10. The van der Waals surface area contributed by atoms with Crippen molar-refractivity contribution in [1.82, 2.24) is 20.2 Å². The van der Waals surface area contributed by atoms with E-state index in [1.54, 1.807) is 61.1 Å². The minimum Gasteiger partial charge on any atom is -0.497 e. The number of halogens is 1. The maximum absolute atomic E-state index is 13.2. The number of ether oxygens (including phenoxy) is 2. The van der Waals surface area contributed by atoms with Gasteiger partial charge >= 0.3 is 0 Å². The quantitative estimate of drug-likeness (QED) is 0.252. The summed E-state index contributed by atoms with van der Waals surface area (Å²) >= 11 is 6.29. The number of benzene rings is 3. The van der Waals surface area contributed by atoms with Crippen molar-refractivity contribution in [3.8, 4) is 17.2 Å². The van der Waals surface area contributed by atoms with Crippen LogP contribution in [0.1, 0.15) is 10.4 Å². The number of methoxy groups -OCH3 is 1. The predicted molar refractivity (Wildman–Crippen MR) is 165 cm³/mol. The number of nitrogens with zero attached hydrogens (tertiary/aromatic N) is 4. The molecule has 4 aromatic rings. The van der Waals surface area contributed by atoms with Crippen LogP contribution >= 0.6 is 11.6 Å². The van der Waals surface area contributed by atoms with Gasteiger partial charge in [-0.05, 0) is 48.5 Å².